The van der Waals surface area contributed by atoms with Crippen molar-refractivity contribution in [1.29, 1.82) is 0 Å². The molecule has 1 atom stereocenters. The topological polar surface area (TPSA) is 167 Å². The van der Waals surface area contributed by atoms with Crippen molar-refractivity contribution in [3.8, 4) is 5.75 Å². The van der Waals surface area contributed by atoms with Gasteiger partial charge in [0, 0.05) is 36.9 Å². The van der Waals surface area contributed by atoms with Gasteiger partial charge in [-0.2, -0.15) is 0 Å². The average Bonchev–Trinajstić information content (AvgIpc) is 3.18. The predicted molar refractivity (Wildman–Crippen MR) is 143 cm³/mol. The molecule has 3 aromatic rings. The molecule has 0 saturated carbocycles. The number of rotatable bonds is 7. The van der Waals surface area contributed by atoms with Crippen molar-refractivity contribution in [3.63, 3.8) is 0 Å². The smallest absolute Gasteiger partial charge is 0.414 e. The standard InChI is InChI=1S/C27H27N3O4.C2H2O4/c1-17(2)16-34-22-9-8-20(12-18(22)3)25(31)23-24(21-7-5-11-29-14-21)30(27(33)26(23)32)15-19-6-4-10-28-13-19;3-1(4)2(5)6/h4-14,17,24,31H,15-16H2,1-3H3;(H,3,4)(H,5,6)/b25-23+;. The van der Waals surface area contributed by atoms with Crippen LogP contribution in [-0.4, -0.2) is 60.4 Å². The van der Waals surface area contributed by atoms with Crippen LogP contribution >= 0.6 is 0 Å². The number of ether oxygens (including phenoxy) is 1. The molecule has 4 rings (SSSR count). The number of aliphatic hydroxyl groups is 1. The Morgan fingerprint density at radius 3 is 2.15 bits per heavy atom. The minimum absolute atomic E-state index is 0.0390. The molecule has 0 bridgehead atoms. The fourth-order valence-electron chi connectivity index (χ4n) is 3.99. The SMILES string of the molecule is Cc1cc(/C(O)=C2\C(=O)C(=O)N(Cc3cccnc3)C2c2cccnc2)ccc1OCC(C)C.O=C(O)C(=O)O. The number of carboxylic acids is 2. The zero-order valence-corrected chi connectivity index (χ0v) is 22.1. The fourth-order valence-corrected chi connectivity index (χ4v) is 3.99. The summed E-state index contributed by atoms with van der Waals surface area (Å²) in [7, 11) is 0. The number of benzene rings is 1. The number of aliphatic hydroxyl groups excluding tert-OH is 1. The quantitative estimate of drug-likeness (QED) is 0.226. The van der Waals surface area contributed by atoms with Crippen molar-refractivity contribution in [2.75, 3.05) is 6.61 Å². The maximum atomic E-state index is 13.2. The highest BCUT2D eigenvalue weighted by molar-refractivity contribution is 6.46. The number of aliphatic carboxylic acids is 2. The van der Waals surface area contributed by atoms with Gasteiger partial charge in [0.05, 0.1) is 18.2 Å². The summed E-state index contributed by atoms with van der Waals surface area (Å²) in [5.74, 6) is -4.18. The van der Waals surface area contributed by atoms with Gasteiger partial charge in [0.1, 0.15) is 11.5 Å². The fraction of sp³-hybridized carbons (Fsp3) is 0.241. The molecule has 1 aliphatic rings. The largest absolute Gasteiger partial charge is 0.507 e. The molecule has 1 amide bonds. The van der Waals surface area contributed by atoms with Crippen molar-refractivity contribution in [3.05, 3.63) is 95.1 Å². The van der Waals surface area contributed by atoms with E-state index in [9.17, 15) is 14.7 Å². The zero-order chi connectivity index (χ0) is 29.4. The second kappa shape index (κ2) is 13.1. The molecule has 11 heteroatoms. The number of Topliss-reactive ketones (excluding diaryl/α,β-unsaturated/α-hetero) is 1. The molecule has 1 fully saturated rings. The van der Waals surface area contributed by atoms with Crippen LogP contribution in [0.15, 0.2) is 72.8 Å². The van der Waals surface area contributed by atoms with Crippen LogP contribution in [-0.2, 0) is 25.7 Å². The lowest BCUT2D eigenvalue weighted by molar-refractivity contribution is -0.159. The number of amides is 1. The van der Waals surface area contributed by atoms with E-state index in [1.54, 1.807) is 61.2 Å². The molecule has 3 heterocycles. The van der Waals surface area contributed by atoms with Gasteiger partial charge >= 0.3 is 11.9 Å². The summed E-state index contributed by atoms with van der Waals surface area (Å²) in [6, 6.07) is 11.6. The Morgan fingerprint density at radius 1 is 0.975 bits per heavy atom. The number of carbonyl (C=O) groups excluding carboxylic acids is 2. The van der Waals surface area contributed by atoms with Gasteiger partial charge in [-0.15, -0.1) is 0 Å². The zero-order valence-electron chi connectivity index (χ0n) is 22.1. The first-order valence-corrected chi connectivity index (χ1v) is 12.3. The highest BCUT2D eigenvalue weighted by Crippen LogP contribution is 2.40. The lowest BCUT2D eigenvalue weighted by Crippen LogP contribution is -2.29. The molecule has 208 valence electrons. The van der Waals surface area contributed by atoms with Crippen molar-refractivity contribution < 1.29 is 39.2 Å². The van der Waals surface area contributed by atoms with Crippen LogP contribution in [0.1, 0.15) is 42.1 Å². The number of ketones is 1. The van der Waals surface area contributed by atoms with Crippen LogP contribution in [0, 0.1) is 12.8 Å². The van der Waals surface area contributed by atoms with Gasteiger partial charge in [-0.25, -0.2) is 9.59 Å². The van der Waals surface area contributed by atoms with Crippen LogP contribution in [0.5, 0.6) is 5.75 Å². The molecule has 2 aromatic heterocycles. The molecule has 0 aliphatic carbocycles. The van der Waals surface area contributed by atoms with E-state index in [0.29, 0.717) is 29.4 Å². The Bertz CT molecular complexity index is 1410. The third kappa shape index (κ3) is 7.07. The second-order valence-corrected chi connectivity index (χ2v) is 9.37. The molecule has 1 aromatic carbocycles. The molecular formula is C29H29N3O8. The summed E-state index contributed by atoms with van der Waals surface area (Å²) in [5, 5.41) is 26.0. The van der Waals surface area contributed by atoms with Gasteiger partial charge in [-0.05, 0) is 59.9 Å². The number of carboxylic acid groups (broad SMARTS) is 2. The number of aromatic nitrogens is 2. The number of likely N-dealkylation sites (tertiary alicyclic amines) is 1. The van der Waals surface area contributed by atoms with Crippen LogP contribution in [0.4, 0.5) is 0 Å². The van der Waals surface area contributed by atoms with E-state index >= 15 is 0 Å². The minimum Gasteiger partial charge on any atom is -0.507 e. The molecule has 3 N–H and O–H groups in total. The lowest BCUT2D eigenvalue weighted by Gasteiger charge is -2.25. The van der Waals surface area contributed by atoms with Crippen molar-refractivity contribution in [2.45, 2.75) is 33.4 Å². The van der Waals surface area contributed by atoms with E-state index in [1.165, 1.54) is 4.90 Å². The van der Waals surface area contributed by atoms with Crippen molar-refractivity contribution in [1.82, 2.24) is 14.9 Å². The highest BCUT2D eigenvalue weighted by Gasteiger charge is 2.46. The first-order valence-electron chi connectivity index (χ1n) is 12.3. The summed E-state index contributed by atoms with van der Waals surface area (Å²) >= 11 is 0. The predicted octanol–water partition coefficient (Wildman–Crippen LogP) is 3.60. The van der Waals surface area contributed by atoms with Crippen molar-refractivity contribution in [2.24, 2.45) is 5.92 Å². The summed E-state index contributed by atoms with van der Waals surface area (Å²) in [5.41, 5.74) is 2.73. The van der Waals surface area contributed by atoms with Crippen LogP contribution < -0.4 is 4.74 Å². The molecule has 40 heavy (non-hydrogen) atoms. The maximum Gasteiger partial charge on any atom is 0.414 e. The van der Waals surface area contributed by atoms with Gasteiger partial charge in [0.25, 0.3) is 11.7 Å². The van der Waals surface area contributed by atoms with E-state index in [4.69, 9.17) is 24.5 Å². The summed E-state index contributed by atoms with van der Waals surface area (Å²) in [4.78, 5) is 54.2. The molecular weight excluding hydrogens is 518 g/mol. The molecule has 1 saturated heterocycles. The molecule has 0 spiro atoms. The number of aryl methyl sites for hydroxylation is 1. The summed E-state index contributed by atoms with van der Waals surface area (Å²) in [6.07, 6.45) is 6.52. The minimum atomic E-state index is -1.82. The first kappa shape index (κ1) is 29.5. The Kier molecular flexibility index (Phi) is 9.69. The van der Waals surface area contributed by atoms with E-state index in [2.05, 4.69) is 23.8 Å². The number of pyridine rings is 2. The third-order valence-electron chi connectivity index (χ3n) is 5.82. The summed E-state index contributed by atoms with van der Waals surface area (Å²) in [6.45, 7) is 6.77. The van der Waals surface area contributed by atoms with Crippen LogP contribution in [0.2, 0.25) is 0 Å². The Balaban J connectivity index is 0.000000663. The third-order valence-corrected chi connectivity index (χ3v) is 5.82. The number of hydrogen-bond acceptors (Lipinski definition) is 8. The van der Waals surface area contributed by atoms with Gasteiger partial charge < -0.3 is 25.0 Å². The first-order chi connectivity index (χ1) is 19.0. The van der Waals surface area contributed by atoms with E-state index < -0.39 is 29.7 Å². The number of carbonyl (C=O) groups is 4. The van der Waals surface area contributed by atoms with Gasteiger partial charge in [-0.1, -0.05) is 26.0 Å². The molecule has 0 radical (unpaired) electrons. The van der Waals surface area contributed by atoms with Crippen LogP contribution in [0.3, 0.4) is 0 Å². The highest BCUT2D eigenvalue weighted by atomic mass is 16.5. The van der Waals surface area contributed by atoms with E-state index in [0.717, 1.165) is 11.1 Å². The Labute approximate surface area is 230 Å². The molecule has 1 unspecified atom stereocenters. The molecule has 1 aliphatic heterocycles. The van der Waals surface area contributed by atoms with Gasteiger partial charge in [-0.3, -0.25) is 19.6 Å². The summed E-state index contributed by atoms with van der Waals surface area (Å²) < 4.78 is 5.83. The number of nitrogens with zero attached hydrogens (tertiary/aromatic N) is 3. The van der Waals surface area contributed by atoms with E-state index in [-0.39, 0.29) is 17.9 Å². The van der Waals surface area contributed by atoms with Crippen molar-refractivity contribution >= 4 is 29.4 Å². The Morgan fingerprint density at radius 2 is 1.62 bits per heavy atom. The van der Waals surface area contributed by atoms with Crippen LogP contribution in [0.25, 0.3) is 5.76 Å². The average molecular weight is 548 g/mol. The lowest BCUT2D eigenvalue weighted by atomic mass is 9.95. The van der Waals surface area contributed by atoms with Gasteiger partial charge in [0.15, 0.2) is 0 Å². The number of hydrogen-bond donors (Lipinski definition) is 3. The molecule has 11 nitrogen and oxygen atoms in total. The van der Waals surface area contributed by atoms with E-state index in [1.807, 2.05) is 13.0 Å². The maximum absolute atomic E-state index is 13.2. The monoisotopic (exact) mass is 547 g/mol. The second-order valence-electron chi connectivity index (χ2n) is 9.37. The van der Waals surface area contributed by atoms with Gasteiger partial charge in [0.2, 0.25) is 0 Å². The normalized spacial score (nSPS) is 15.9. The Hall–Kier alpha value is -5.06.